The predicted molar refractivity (Wildman–Crippen MR) is 90.8 cm³/mol. The maximum atomic E-state index is 9.69. The van der Waals surface area contributed by atoms with Gasteiger partial charge >= 0.3 is 0 Å². The average Bonchev–Trinajstić information content (AvgIpc) is 2.64. The summed E-state index contributed by atoms with van der Waals surface area (Å²) >= 11 is 0. The van der Waals surface area contributed by atoms with Crippen LogP contribution in [0, 0.1) is 6.92 Å². The van der Waals surface area contributed by atoms with Gasteiger partial charge in [-0.1, -0.05) is 6.07 Å². The lowest BCUT2D eigenvalue weighted by atomic mass is 10.1. The van der Waals surface area contributed by atoms with Gasteiger partial charge in [0, 0.05) is 11.3 Å². The number of aryl methyl sites for hydroxylation is 1. The van der Waals surface area contributed by atoms with E-state index in [0.717, 1.165) is 17.0 Å². The van der Waals surface area contributed by atoms with E-state index in [1.165, 1.54) is 0 Å². The standard InChI is InChI=1S/C19H18N2O3/c1-13-5-8-16(11-20-13)24-15-9-6-14(7-10-15)17-3-2-4-18(21-17)19(23)12-22/h2-11,19,22-23H,12H2,1H3. The molecule has 2 aromatic heterocycles. The minimum absolute atomic E-state index is 0.353. The number of nitrogens with zero attached hydrogens (tertiary/aromatic N) is 2. The van der Waals surface area contributed by atoms with Gasteiger partial charge in [0.15, 0.2) is 0 Å². The Morgan fingerprint density at radius 1 is 1.00 bits per heavy atom. The number of aliphatic hydroxyl groups excluding tert-OH is 2. The zero-order chi connectivity index (χ0) is 16.9. The third-order valence-electron chi connectivity index (χ3n) is 3.55. The van der Waals surface area contributed by atoms with Gasteiger partial charge in [-0.3, -0.25) is 4.98 Å². The van der Waals surface area contributed by atoms with Crippen molar-refractivity contribution in [2.45, 2.75) is 13.0 Å². The van der Waals surface area contributed by atoms with E-state index in [0.29, 0.717) is 17.2 Å². The summed E-state index contributed by atoms with van der Waals surface area (Å²) in [7, 11) is 0. The first-order chi connectivity index (χ1) is 11.7. The summed E-state index contributed by atoms with van der Waals surface area (Å²) in [6, 6.07) is 16.6. The Kier molecular flexibility index (Phi) is 4.84. The highest BCUT2D eigenvalue weighted by Gasteiger charge is 2.09. The monoisotopic (exact) mass is 322 g/mol. The van der Waals surface area contributed by atoms with E-state index in [1.54, 1.807) is 18.3 Å². The van der Waals surface area contributed by atoms with Crippen molar-refractivity contribution in [2.75, 3.05) is 6.61 Å². The summed E-state index contributed by atoms with van der Waals surface area (Å²) < 4.78 is 5.75. The zero-order valence-electron chi connectivity index (χ0n) is 13.3. The molecule has 3 rings (SSSR count). The van der Waals surface area contributed by atoms with E-state index in [-0.39, 0.29) is 6.61 Å². The Morgan fingerprint density at radius 3 is 2.42 bits per heavy atom. The van der Waals surface area contributed by atoms with E-state index < -0.39 is 6.10 Å². The number of benzene rings is 1. The predicted octanol–water partition coefficient (Wildman–Crippen LogP) is 3.27. The van der Waals surface area contributed by atoms with Crippen molar-refractivity contribution in [3.8, 4) is 22.8 Å². The Hall–Kier alpha value is -2.76. The second kappa shape index (κ2) is 7.21. The van der Waals surface area contributed by atoms with Crippen molar-refractivity contribution in [1.82, 2.24) is 9.97 Å². The number of pyridine rings is 2. The van der Waals surface area contributed by atoms with Crippen LogP contribution < -0.4 is 4.74 Å². The minimum atomic E-state index is -0.971. The number of hydrogen-bond donors (Lipinski definition) is 2. The molecule has 0 aliphatic carbocycles. The molecule has 1 aromatic carbocycles. The van der Waals surface area contributed by atoms with E-state index in [1.807, 2.05) is 49.4 Å². The molecule has 0 saturated heterocycles. The van der Waals surface area contributed by atoms with Gasteiger partial charge in [-0.2, -0.15) is 0 Å². The molecule has 2 heterocycles. The van der Waals surface area contributed by atoms with Crippen LogP contribution in [0.5, 0.6) is 11.5 Å². The molecule has 0 fully saturated rings. The molecule has 1 atom stereocenters. The maximum Gasteiger partial charge on any atom is 0.145 e. The summed E-state index contributed by atoms with van der Waals surface area (Å²) in [5.41, 5.74) is 3.01. The second-order valence-corrected chi connectivity index (χ2v) is 5.41. The molecule has 5 heteroatoms. The summed E-state index contributed by atoms with van der Waals surface area (Å²) in [5, 5.41) is 18.7. The summed E-state index contributed by atoms with van der Waals surface area (Å²) in [6.45, 7) is 1.57. The van der Waals surface area contributed by atoms with E-state index in [2.05, 4.69) is 9.97 Å². The molecule has 0 radical (unpaired) electrons. The normalized spacial score (nSPS) is 12.0. The van der Waals surface area contributed by atoms with Crippen LogP contribution in [-0.4, -0.2) is 26.8 Å². The Bertz CT molecular complexity index is 802. The first-order valence-corrected chi connectivity index (χ1v) is 7.62. The topological polar surface area (TPSA) is 75.5 Å². The molecule has 24 heavy (non-hydrogen) atoms. The lowest BCUT2D eigenvalue weighted by Crippen LogP contribution is -2.05. The van der Waals surface area contributed by atoms with Crippen molar-refractivity contribution >= 4 is 0 Å². The van der Waals surface area contributed by atoms with Crippen LogP contribution in [0.1, 0.15) is 17.5 Å². The molecular formula is C19H18N2O3. The largest absolute Gasteiger partial charge is 0.456 e. The van der Waals surface area contributed by atoms with Crippen molar-refractivity contribution in [1.29, 1.82) is 0 Å². The second-order valence-electron chi connectivity index (χ2n) is 5.41. The molecule has 2 N–H and O–H groups in total. The van der Waals surface area contributed by atoms with Gasteiger partial charge in [0.2, 0.25) is 0 Å². The molecule has 0 aliphatic rings. The smallest absolute Gasteiger partial charge is 0.145 e. The molecular weight excluding hydrogens is 304 g/mol. The van der Waals surface area contributed by atoms with Crippen LogP contribution in [0.25, 0.3) is 11.3 Å². The van der Waals surface area contributed by atoms with Gasteiger partial charge in [0.25, 0.3) is 0 Å². The molecule has 122 valence electrons. The molecule has 0 saturated carbocycles. The lowest BCUT2D eigenvalue weighted by molar-refractivity contribution is 0.0923. The molecule has 3 aromatic rings. The van der Waals surface area contributed by atoms with Crippen LogP contribution in [0.2, 0.25) is 0 Å². The lowest BCUT2D eigenvalue weighted by Gasteiger charge is -2.09. The van der Waals surface area contributed by atoms with Crippen molar-refractivity contribution < 1.29 is 14.9 Å². The third kappa shape index (κ3) is 3.76. The van der Waals surface area contributed by atoms with Gasteiger partial charge in [-0.05, 0) is 55.5 Å². The summed E-state index contributed by atoms with van der Waals surface area (Å²) in [4.78, 5) is 8.57. The van der Waals surface area contributed by atoms with Crippen LogP contribution in [-0.2, 0) is 0 Å². The minimum Gasteiger partial charge on any atom is -0.456 e. The van der Waals surface area contributed by atoms with Crippen LogP contribution in [0.3, 0.4) is 0 Å². The van der Waals surface area contributed by atoms with E-state index in [4.69, 9.17) is 9.84 Å². The number of aliphatic hydroxyl groups is 2. The zero-order valence-corrected chi connectivity index (χ0v) is 13.3. The molecule has 5 nitrogen and oxygen atoms in total. The number of ether oxygens (including phenoxy) is 1. The Labute approximate surface area is 140 Å². The van der Waals surface area contributed by atoms with Crippen LogP contribution in [0.15, 0.2) is 60.8 Å². The van der Waals surface area contributed by atoms with Crippen molar-refractivity contribution in [3.63, 3.8) is 0 Å². The van der Waals surface area contributed by atoms with Crippen LogP contribution >= 0.6 is 0 Å². The molecule has 1 unspecified atom stereocenters. The molecule has 0 aliphatic heterocycles. The highest BCUT2D eigenvalue weighted by atomic mass is 16.5. The number of hydrogen-bond acceptors (Lipinski definition) is 5. The van der Waals surface area contributed by atoms with Crippen LogP contribution in [0.4, 0.5) is 0 Å². The Balaban J connectivity index is 1.78. The fraction of sp³-hybridized carbons (Fsp3) is 0.158. The first kappa shape index (κ1) is 16.1. The fourth-order valence-corrected chi connectivity index (χ4v) is 2.24. The fourth-order valence-electron chi connectivity index (χ4n) is 2.24. The summed E-state index contributed by atoms with van der Waals surface area (Å²) in [5.74, 6) is 1.38. The molecule has 0 spiro atoms. The Morgan fingerprint density at radius 2 is 1.75 bits per heavy atom. The van der Waals surface area contributed by atoms with Gasteiger partial charge in [0.05, 0.1) is 24.2 Å². The third-order valence-corrected chi connectivity index (χ3v) is 3.55. The van der Waals surface area contributed by atoms with Gasteiger partial charge in [-0.25, -0.2) is 4.98 Å². The highest BCUT2D eigenvalue weighted by molar-refractivity contribution is 5.60. The van der Waals surface area contributed by atoms with Gasteiger partial charge in [0.1, 0.15) is 17.6 Å². The summed E-state index contributed by atoms with van der Waals surface area (Å²) in [6.07, 6.45) is 0.714. The maximum absolute atomic E-state index is 9.69. The average molecular weight is 322 g/mol. The quantitative estimate of drug-likeness (QED) is 0.754. The van der Waals surface area contributed by atoms with Gasteiger partial charge < -0.3 is 14.9 Å². The van der Waals surface area contributed by atoms with Gasteiger partial charge in [-0.15, -0.1) is 0 Å². The number of rotatable bonds is 5. The first-order valence-electron chi connectivity index (χ1n) is 7.62. The molecule has 0 bridgehead atoms. The van der Waals surface area contributed by atoms with Crippen molar-refractivity contribution in [2.24, 2.45) is 0 Å². The number of aromatic nitrogens is 2. The van der Waals surface area contributed by atoms with E-state index in [9.17, 15) is 5.11 Å². The highest BCUT2D eigenvalue weighted by Crippen LogP contribution is 2.25. The molecule has 0 amide bonds. The SMILES string of the molecule is Cc1ccc(Oc2ccc(-c3cccc(C(O)CO)n3)cc2)cn1. The van der Waals surface area contributed by atoms with Crippen molar-refractivity contribution in [3.05, 3.63) is 72.2 Å². The van der Waals surface area contributed by atoms with E-state index >= 15 is 0 Å².